The predicted molar refractivity (Wildman–Crippen MR) is 119 cm³/mol. The number of benzene rings is 2. The first-order valence-corrected chi connectivity index (χ1v) is 10.3. The summed E-state index contributed by atoms with van der Waals surface area (Å²) < 4.78 is 6.13. The van der Waals surface area contributed by atoms with Gasteiger partial charge in [0.1, 0.15) is 11.5 Å². The van der Waals surface area contributed by atoms with E-state index in [9.17, 15) is 10.1 Å². The largest absolute Gasteiger partial charge is 0.460 e. The Morgan fingerprint density at radius 3 is 2.57 bits per heavy atom. The molecule has 2 heterocycles. The van der Waals surface area contributed by atoms with Gasteiger partial charge in [0.25, 0.3) is 5.69 Å². The Morgan fingerprint density at radius 1 is 1.13 bits per heavy atom. The molecule has 6 nitrogen and oxygen atoms in total. The molecular weight excluding hydrogens is 378 g/mol. The minimum atomic E-state index is -0.372. The Labute approximate surface area is 176 Å². The molecule has 1 aromatic heterocycles. The highest BCUT2D eigenvalue weighted by molar-refractivity contribution is 5.64. The number of nitrogens with zero attached hydrogens (tertiary/aromatic N) is 3. The van der Waals surface area contributed by atoms with Crippen molar-refractivity contribution in [3.63, 3.8) is 0 Å². The second-order valence-corrected chi connectivity index (χ2v) is 8.14. The van der Waals surface area contributed by atoms with Crippen molar-refractivity contribution in [3.05, 3.63) is 81.6 Å². The third kappa shape index (κ3) is 4.09. The van der Waals surface area contributed by atoms with Crippen LogP contribution >= 0.6 is 0 Å². The van der Waals surface area contributed by atoms with E-state index in [1.165, 1.54) is 23.7 Å². The maximum absolute atomic E-state index is 11.0. The van der Waals surface area contributed by atoms with E-state index in [1.54, 1.807) is 12.1 Å². The molecule has 1 fully saturated rings. The number of furan rings is 1. The van der Waals surface area contributed by atoms with E-state index >= 15 is 0 Å². The maximum atomic E-state index is 11.0. The molecule has 0 amide bonds. The monoisotopic (exact) mass is 405 g/mol. The number of nitro groups is 1. The van der Waals surface area contributed by atoms with Gasteiger partial charge >= 0.3 is 0 Å². The molecule has 0 spiro atoms. The van der Waals surface area contributed by atoms with Crippen LogP contribution in [0.5, 0.6) is 0 Å². The van der Waals surface area contributed by atoms with Crippen molar-refractivity contribution < 1.29 is 9.34 Å². The lowest BCUT2D eigenvalue weighted by atomic mass is 10.0. The van der Waals surface area contributed by atoms with Crippen LogP contribution in [0.3, 0.4) is 0 Å². The van der Waals surface area contributed by atoms with Crippen molar-refractivity contribution in [1.29, 1.82) is 0 Å². The highest BCUT2D eigenvalue weighted by Gasteiger charge is 2.27. The van der Waals surface area contributed by atoms with E-state index in [-0.39, 0.29) is 10.6 Å². The Kier molecular flexibility index (Phi) is 5.59. The van der Waals surface area contributed by atoms with Crippen LogP contribution in [0.2, 0.25) is 0 Å². The lowest BCUT2D eigenvalue weighted by Gasteiger charge is -2.24. The normalized spacial score (nSPS) is 16.7. The molecule has 1 saturated heterocycles. The van der Waals surface area contributed by atoms with Crippen LogP contribution in [0.15, 0.2) is 59.0 Å². The molecule has 156 valence electrons. The van der Waals surface area contributed by atoms with E-state index in [0.29, 0.717) is 6.04 Å². The zero-order valence-corrected chi connectivity index (χ0v) is 17.7. The molecule has 1 atom stereocenters. The molecule has 2 aromatic carbocycles. The Balaban J connectivity index is 1.49. The number of hydrogen-bond acceptors (Lipinski definition) is 5. The SMILES string of the molecule is Cc1cc([N+](=O)[O-])ccc1-c1ccc(CN2CCCC2c2ccc(N(C)C)cc2)o1. The zero-order valence-electron chi connectivity index (χ0n) is 17.7. The Bertz CT molecular complexity index is 1040. The number of non-ortho nitro benzene ring substituents is 1. The molecule has 1 aliphatic heterocycles. The van der Waals surface area contributed by atoms with Crippen LogP contribution in [-0.4, -0.2) is 30.5 Å². The van der Waals surface area contributed by atoms with Crippen LogP contribution in [0.4, 0.5) is 11.4 Å². The topological polar surface area (TPSA) is 62.8 Å². The van der Waals surface area contributed by atoms with Gasteiger partial charge in [0.05, 0.1) is 11.5 Å². The molecule has 6 heteroatoms. The molecule has 0 radical (unpaired) electrons. The summed E-state index contributed by atoms with van der Waals surface area (Å²) in [6.07, 6.45) is 2.32. The average molecular weight is 405 g/mol. The highest BCUT2D eigenvalue weighted by Crippen LogP contribution is 2.35. The summed E-state index contributed by atoms with van der Waals surface area (Å²) >= 11 is 0. The summed E-state index contributed by atoms with van der Waals surface area (Å²) in [6, 6.07) is 18.1. The molecule has 0 bridgehead atoms. The number of likely N-dealkylation sites (tertiary alicyclic amines) is 1. The molecule has 30 heavy (non-hydrogen) atoms. The van der Waals surface area contributed by atoms with E-state index in [0.717, 1.165) is 42.2 Å². The first-order chi connectivity index (χ1) is 14.4. The Hall–Kier alpha value is -3.12. The average Bonchev–Trinajstić information content (AvgIpc) is 3.38. The van der Waals surface area contributed by atoms with Crippen LogP contribution in [-0.2, 0) is 6.54 Å². The molecule has 0 aliphatic carbocycles. The second kappa shape index (κ2) is 8.32. The van der Waals surface area contributed by atoms with Gasteiger partial charge in [0.15, 0.2) is 0 Å². The van der Waals surface area contributed by atoms with Crippen LogP contribution in [0.1, 0.15) is 35.8 Å². The fraction of sp³-hybridized carbons (Fsp3) is 0.333. The van der Waals surface area contributed by atoms with Crippen LogP contribution in [0, 0.1) is 17.0 Å². The third-order valence-electron chi connectivity index (χ3n) is 5.86. The third-order valence-corrected chi connectivity index (χ3v) is 5.86. The summed E-state index contributed by atoms with van der Waals surface area (Å²) in [6.45, 7) is 3.68. The minimum absolute atomic E-state index is 0.100. The van der Waals surface area contributed by atoms with Gasteiger partial charge in [-0.1, -0.05) is 12.1 Å². The van der Waals surface area contributed by atoms with Gasteiger partial charge < -0.3 is 9.32 Å². The maximum Gasteiger partial charge on any atom is 0.269 e. The Morgan fingerprint density at radius 2 is 1.90 bits per heavy atom. The zero-order chi connectivity index (χ0) is 21.3. The van der Waals surface area contributed by atoms with Crippen molar-refractivity contribution in [2.75, 3.05) is 25.5 Å². The molecular formula is C24H27N3O3. The number of nitro benzene ring substituents is 1. The van der Waals surface area contributed by atoms with Crippen LogP contribution in [0.25, 0.3) is 11.3 Å². The van der Waals surface area contributed by atoms with E-state index < -0.39 is 0 Å². The summed E-state index contributed by atoms with van der Waals surface area (Å²) in [5.41, 5.74) is 4.38. The number of aryl methyl sites for hydroxylation is 1. The number of anilines is 1. The molecule has 0 saturated carbocycles. The summed E-state index contributed by atoms with van der Waals surface area (Å²) in [5.74, 6) is 1.67. The smallest absolute Gasteiger partial charge is 0.269 e. The van der Waals surface area contributed by atoms with Gasteiger partial charge in [-0.25, -0.2) is 0 Å². The van der Waals surface area contributed by atoms with Gasteiger partial charge in [-0.3, -0.25) is 15.0 Å². The van der Waals surface area contributed by atoms with Gasteiger partial charge in [-0.05, 0) is 67.8 Å². The van der Waals surface area contributed by atoms with Gasteiger partial charge in [0, 0.05) is 43.5 Å². The fourth-order valence-corrected chi connectivity index (χ4v) is 4.23. The van der Waals surface area contributed by atoms with Gasteiger partial charge in [0.2, 0.25) is 0 Å². The van der Waals surface area contributed by atoms with Crippen molar-refractivity contribution in [2.24, 2.45) is 0 Å². The standard InChI is InChI=1S/C24H27N3O3/c1-17-15-20(27(28)29)10-12-22(17)24-13-11-21(30-24)16-26-14-4-5-23(26)18-6-8-19(9-7-18)25(2)3/h6-13,15,23H,4-5,14,16H2,1-3H3. The quantitative estimate of drug-likeness (QED) is 0.396. The van der Waals surface area contributed by atoms with Crippen molar-refractivity contribution in [1.82, 2.24) is 4.90 Å². The summed E-state index contributed by atoms with van der Waals surface area (Å²) in [4.78, 5) is 15.2. The van der Waals surface area contributed by atoms with Crippen molar-refractivity contribution in [2.45, 2.75) is 32.4 Å². The van der Waals surface area contributed by atoms with E-state index in [4.69, 9.17) is 4.42 Å². The lowest BCUT2D eigenvalue weighted by Crippen LogP contribution is -2.22. The van der Waals surface area contributed by atoms with E-state index in [1.807, 2.05) is 19.1 Å². The minimum Gasteiger partial charge on any atom is -0.460 e. The molecule has 1 unspecified atom stereocenters. The van der Waals surface area contributed by atoms with Crippen LogP contribution < -0.4 is 4.90 Å². The fourth-order valence-electron chi connectivity index (χ4n) is 4.23. The summed E-state index contributed by atoms with van der Waals surface area (Å²) in [7, 11) is 4.11. The molecule has 0 N–H and O–H groups in total. The lowest BCUT2D eigenvalue weighted by molar-refractivity contribution is -0.384. The second-order valence-electron chi connectivity index (χ2n) is 8.14. The molecule has 4 rings (SSSR count). The van der Waals surface area contributed by atoms with Gasteiger partial charge in [-0.15, -0.1) is 0 Å². The molecule has 3 aromatic rings. The number of rotatable bonds is 6. The van der Waals surface area contributed by atoms with E-state index in [2.05, 4.69) is 48.2 Å². The van der Waals surface area contributed by atoms with Gasteiger partial charge in [-0.2, -0.15) is 0 Å². The first kappa shape index (κ1) is 20.2. The molecule has 1 aliphatic rings. The number of hydrogen-bond donors (Lipinski definition) is 0. The summed E-state index contributed by atoms with van der Waals surface area (Å²) in [5, 5.41) is 11.0. The predicted octanol–water partition coefficient (Wildman–Crippen LogP) is 5.57. The van der Waals surface area contributed by atoms with Crippen molar-refractivity contribution in [3.8, 4) is 11.3 Å². The first-order valence-electron chi connectivity index (χ1n) is 10.3. The highest BCUT2D eigenvalue weighted by atomic mass is 16.6. The van der Waals surface area contributed by atoms with Crippen molar-refractivity contribution >= 4 is 11.4 Å².